The number of benzene rings is 1. The summed E-state index contributed by atoms with van der Waals surface area (Å²) in [7, 11) is 2.01. The fourth-order valence-electron chi connectivity index (χ4n) is 2.70. The highest BCUT2D eigenvalue weighted by atomic mass is 35.5. The summed E-state index contributed by atoms with van der Waals surface area (Å²) in [5.74, 6) is 0.115. The monoisotopic (exact) mass is 311 g/mol. The average Bonchev–Trinajstić information content (AvgIpc) is 2.49. The molecule has 4 nitrogen and oxygen atoms in total. The second-order valence-electron chi connectivity index (χ2n) is 5.54. The van der Waals surface area contributed by atoms with Crippen LogP contribution in [0.3, 0.4) is 0 Å². The molecule has 1 fully saturated rings. The van der Waals surface area contributed by atoms with E-state index < -0.39 is 0 Å². The van der Waals surface area contributed by atoms with Crippen molar-refractivity contribution >= 4 is 18.3 Å². The molecule has 0 aromatic heterocycles. The molecule has 1 aliphatic heterocycles. The zero-order valence-electron chi connectivity index (χ0n) is 12.8. The Morgan fingerprint density at radius 1 is 1.29 bits per heavy atom. The van der Waals surface area contributed by atoms with Crippen LogP contribution >= 0.6 is 12.4 Å². The van der Waals surface area contributed by atoms with E-state index in [4.69, 9.17) is 0 Å². The van der Waals surface area contributed by atoms with Gasteiger partial charge in [-0.15, -0.1) is 12.4 Å². The molecule has 1 saturated heterocycles. The van der Waals surface area contributed by atoms with Gasteiger partial charge < -0.3 is 10.6 Å². The Morgan fingerprint density at radius 3 is 2.48 bits per heavy atom. The molecule has 1 heterocycles. The van der Waals surface area contributed by atoms with Crippen molar-refractivity contribution in [2.24, 2.45) is 0 Å². The van der Waals surface area contributed by atoms with Gasteiger partial charge in [0, 0.05) is 19.1 Å². The predicted octanol–water partition coefficient (Wildman–Crippen LogP) is 1.97. The molecule has 118 valence electrons. The summed E-state index contributed by atoms with van der Waals surface area (Å²) < 4.78 is 0. The maximum atomic E-state index is 12.1. The highest BCUT2D eigenvalue weighted by Crippen LogP contribution is 2.12. The molecular weight excluding hydrogens is 286 g/mol. The Bertz CT molecular complexity index is 419. The van der Waals surface area contributed by atoms with E-state index in [0.717, 1.165) is 31.5 Å². The number of amides is 1. The molecule has 1 atom stereocenters. The smallest absolute Gasteiger partial charge is 0.234 e. The van der Waals surface area contributed by atoms with Crippen molar-refractivity contribution in [3.05, 3.63) is 35.9 Å². The zero-order chi connectivity index (χ0) is 14.4. The zero-order valence-corrected chi connectivity index (χ0v) is 13.7. The molecule has 0 radical (unpaired) electrons. The van der Waals surface area contributed by atoms with Crippen molar-refractivity contribution in [1.82, 2.24) is 15.5 Å². The SMILES string of the molecule is CNC1CCN(CC(=O)NC(C)c2ccccc2)CC1.Cl. The van der Waals surface area contributed by atoms with Crippen LogP contribution in [0.15, 0.2) is 30.3 Å². The van der Waals surface area contributed by atoms with Gasteiger partial charge in [-0.1, -0.05) is 30.3 Å². The van der Waals surface area contributed by atoms with Gasteiger partial charge in [0.1, 0.15) is 0 Å². The summed E-state index contributed by atoms with van der Waals surface area (Å²) in [6.07, 6.45) is 2.25. The van der Waals surface area contributed by atoms with Gasteiger partial charge in [0.2, 0.25) is 5.91 Å². The van der Waals surface area contributed by atoms with Crippen molar-refractivity contribution < 1.29 is 4.79 Å². The molecule has 5 heteroatoms. The quantitative estimate of drug-likeness (QED) is 0.874. The van der Waals surface area contributed by atoms with Crippen molar-refractivity contribution in [1.29, 1.82) is 0 Å². The molecule has 0 aliphatic carbocycles. The molecule has 0 saturated carbocycles. The second kappa shape index (κ2) is 9.03. The van der Waals surface area contributed by atoms with Crippen LogP contribution in [0.25, 0.3) is 0 Å². The highest BCUT2D eigenvalue weighted by molar-refractivity contribution is 5.85. The maximum absolute atomic E-state index is 12.1. The lowest BCUT2D eigenvalue weighted by Gasteiger charge is -2.31. The third kappa shape index (κ3) is 5.65. The Morgan fingerprint density at radius 2 is 1.90 bits per heavy atom. The minimum atomic E-state index is 0. The lowest BCUT2D eigenvalue weighted by Crippen LogP contribution is -2.45. The third-order valence-electron chi connectivity index (χ3n) is 4.04. The van der Waals surface area contributed by atoms with Crippen molar-refractivity contribution in [2.75, 3.05) is 26.7 Å². The first-order valence-electron chi connectivity index (χ1n) is 7.43. The van der Waals surface area contributed by atoms with Gasteiger partial charge in [0.25, 0.3) is 0 Å². The maximum Gasteiger partial charge on any atom is 0.234 e. The number of rotatable bonds is 5. The van der Waals surface area contributed by atoms with Gasteiger partial charge in [0.05, 0.1) is 12.6 Å². The van der Waals surface area contributed by atoms with Crippen LogP contribution in [-0.4, -0.2) is 43.5 Å². The van der Waals surface area contributed by atoms with Gasteiger partial charge >= 0.3 is 0 Å². The van der Waals surface area contributed by atoms with Gasteiger partial charge in [-0.25, -0.2) is 0 Å². The summed E-state index contributed by atoms with van der Waals surface area (Å²) in [5.41, 5.74) is 1.15. The molecule has 1 unspecified atom stereocenters. The number of carbonyl (C=O) groups is 1. The number of nitrogens with one attached hydrogen (secondary N) is 2. The van der Waals surface area contributed by atoms with Crippen molar-refractivity contribution in [3.63, 3.8) is 0 Å². The largest absolute Gasteiger partial charge is 0.348 e. The molecule has 2 N–H and O–H groups in total. The number of likely N-dealkylation sites (tertiary alicyclic amines) is 1. The van der Waals surface area contributed by atoms with Gasteiger partial charge in [-0.2, -0.15) is 0 Å². The normalized spacial score (nSPS) is 17.8. The van der Waals surface area contributed by atoms with Crippen LogP contribution in [0.4, 0.5) is 0 Å². The number of piperidine rings is 1. The molecule has 0 spiro atoms. The van der Waals surface area contributed by atoms with E-state index in [2.05, 4.69) is 15.5 Å². The van der Waals surface area contributed by atoms with Gasteiger partial charge in [0.15, 0.2) is 0 Å². The minimum Gasteiger partial charge on any atom is -0.348 e. The average molecular weight is 312 g/mol. The van der Waals surface area contributed by atoms with Crippen molar-refractivity contribution in [2.45, 2.75) is 31.8 Å². The Hall–Kier alpha value is -1.10. The van der Waals surface area contributed by atoms with Crippen LogP contribution in [0.5, 0.6) is 0 Å². The first-order valence-corrected chi connectivity index (χ1v) is 7.43. The molecule has 1 amide bonds. The molecule has 0 bridgehead atoms. The number of nitrogens with zero attached hydrogens (tertiary/aromatic N) is 1. The molecule has 2 rings (SSSR count). The first kappa shape index (κ1) is 18.0. The highest BCUT2D eigenvalue weighted by Gasteiger charge is 2.20. The summed E-state index contributed by atoms with van der Waals surface area (Å²) >= 11 is 0. The molecule has 21 heavy (non-hydrogen) atoms. The summed E-state index contributed by atoms with van der Waals surface area (Å²) in [5, 5.41) is 6.38. The van der Waals surface area contributed by atoms with Crippen molar-refractivity contribution in [3.8, 4) is 0 Å². The summed E-state index contributed by atoms with van der Waals surface area (Å²) in [6, 6.07) is 10.8. The topological polar surface area (TPSA) is 44.4 Å². The fraction of sp³-hybridized carbons (Fsp3) is 0.562. The molecule has 1 aromatic rings. The molecule has 1 aromatic carbocycles. The standard InChI is InChI=1S/C16H25N3O.ClH/c1-13(14-6-4-3-5-7-14)18-16(20)12-19-10-8-15(17-2)9-11-19;/h3-7,13,15,17H,8-12H2,1-2H3,(H,18,20);1H. The van der Waals surface area contributed by atoms with E-state index in [9.17, 15) is 4.79 Å². The second-order valence-corrected chi connectivity index (χ2v) is 5.54. The third-order valence-corrected chi connectivity index (χ3v) is 4.04. The van der Waals surface area contributed by atoms with E-state index in [-0.39, 0.29) is 24.4 Å². The predicted molar refractivity (Wildman–Crippen MR) is 88.8 cm³/mol. The van der Waals surface area contributed by atoms with E-state index in [1.807, 2.05) is 44.3 Å². The van der Waals surface area contributed by atoms with Crippen LogP contribution in [-0.2, 0) is 4.79 Å². The minimum absolute atomic E-state index is 0. The Kier molecular flexibility index (Phi) is 7.72. The van der Waals surface area contributed by atoms with Crippen LogP contribution < -0.4 is 10.6 Å². The lowest BCUT2D eigenvalue weighted by molar-refractivity contribution is -0.123. The number of hydrogen-bond donors (Lipinski definition) is 2. The van der Waals surface area contributed by atoms with Crippen LogP contribution in [0, 0.1) is 0 Å². The first-order chi connectivity index (χ1) is 9.69. The van der Waals surface area contributed by atoms with E-state index in [1.54, 1.807) is 0 Å². The Balaban J connectivity index is 0.00000220. The van der Waals surface area contributed by atoms with E-state index >= 15 is 0 Å². The van der Waals surface area contributed by atoms with Gasteiger partial charge in [-0.05, 0) is 32.4 Å². The lowest BCUT2D eigenvalue weighted by atomic mass is 10.1. The summed E-state index contributed by atoms with van der Waals surface area (Å²) in [6.45, 7) is 4.53. The summed E-state index contributed by atoms with van der Waals surface area (Å²) in [4.78, 5) is 14.3. The number of hydrogen-bond acceptors (Lipinski definition) is 3. The van der Waals surface area contributed by atoms with E-state index in [1.165, 1.54) is 0 Å². The van der Waals surface area contributed by atoms with E-state index in [0.29, 0.717) is 12.6 Å². The molecule has 1 aliphatic rings. The van der Waals surface area contributed by atoms with Crippen LogP contribution in [0.2, 0.25) is 0 Å². The Labute approximate surface area is 133 Å². The fourth-order valence-corrected chi connectivity index (χ4v) is 2.70. The number of carbonyl (C=O) groups excluding carboxylic acids is 1. The number of halogens is 1. The van der Waals surface area contributed by atoms with Crippen LogP contribution in [0.1, 0.15) is 31.4 Å². The van der Waals surface area contributed by atoms with Gasteiger partial charge in [-0.3, -0.25) is 9.69 Å². The molecular formula is C16H26ClN3O.